The summed E-state index contributed by atoms with van der Waals surface area (Å²) < 4.78 is 5.33. The molecule has 2 aliphatic rings. The first kappa shape index (κ1) is 26.3. The van der Waals surface area contributed by atoms with Crippen molar-refractivity contribution in [3.63, 3.8) is 0 Å². The molecule has 2 aliphatic heterocycles. The van der Waals surface area contributed by atoms with E-state index in [0.717, 1.165) is 16.4 Å². The van der Waals surface area contributed by atoms with Crippen molar-refractivity contribution in [2.75, 3.05) is 11.5 Å². The standard InChI is InChI=1S/C17H14Cl2N8O6S3/c1-26-17(22-24-25-26)35-4-7-3-34-14-9(13(29)27(14)10(7)15(30)31)21-12(28)8(6-2-20-36-5-6)23-33-16(32)11(18)19/h2,5,9,11,14H,3-4H2,1H3,(H,21,28)(H,30,31)/t9?,14-/m0/s1. The fourth-order valence-electron chi connectivity index (χ4n) is 3.18. The average molecular weight is 593 g/mol. The second kappa shape index (κ2) is 11.1. The second-order valence-corrected chi connectivity index (χ2v) is 10.9. The molecule has 2 atom stereocenters. The van der Waals surface area contributed by atoms with Gasteiger partial charge in [0.05, 0.1) is 6.20 Å². The molecule has 4 rings (SSSR count). The Morgan fingerprint density at radius 1 is 1.42 bits per heavy atom. The Morgan fingerprint density at radius 2 is 2.19 bits per heavy atom. The highest BCUT2D eigenvalue weighted by Crippen LogP contribution is 2.41. The SMILES string of the molecule is Cn1nnnc1SCC1=C(C(=O)O)N2C(=O)C(NC(=O)C(=NOC(=O)C(Cl)Cl)c3cnsc3)[C@@H]2SC1. The van der Waals surface area contributed by atoms with E-state index < -0.39 is 40.0 Å². The van der Waals surface area contributed by atoms with Crippen molar-refractivity contribution < 1.29 is 29.1 Å². The first-order valence-corrected chi connectivity index (χ1v) is 13.5. The minimum atomic E-state index is -1.52. The number of aliphatic carboxylic acids is 1. The Labute approximate surface area is 224 Å². The molecule has 190 valence electrons. The number of thioether (sulfide) groups is 2. The summed E-state index contributed by atoms with van der Waals surface area (Å²) in [7, 11) is 1.65. The van der Waals surface area contributed by atoms with Gasteiger partial charge in [-0.3, -0.25) is 14.5 Å². The summed E-state index contributed by atoms with van der Waals surface area (Å²) in [4.78, 5) is 53.7. The number of carbonyl (C=O) groups excluding carboxylic acids is 3. The van der Waals surface area contributed by atoms with E-state index in [2.05, 4.69) is 35.2 Å². The molecule has 0 aliphatic carbocycles. The molecule has 2 aromatic rings. The summed E-state index contributed by atoms with van der Waals surface area (Å²) in [6, 6.07) is -1.03. The second-order valence-electron chi connectivity index (χ2n) is 7.06. The van der Waals surface area contributed by atoms with Gasteiger partial charge in [-0.05, 0) is 27.5 Å². The largest absolute Gasteiger partial charge is 0.477 e. The van der Waals surface area contributed by atoms with Crippen LogP contribution in [0.3, 0.4) is 0 Å². The molecule has 2 aromatic heterocycles. The van der Waals surface area contributed by atoms with E-state index in [1.54, 1.807) is 7.05 Å². The predicted molar refractivity (Wildman–Crippen MR) is 129 cm³/mol. The Balaban J connectivity index is 1.49. The number of carboxylic acid groups (broad SMARTS) is 1. The highest BCUT2D eigenvalue weighted by Gasteiger charge is 2.54. The number of aryl methyl sites for hydroxylation is 1. The molecule has 1 fully saturated rings. The number of carbonyl (C=O) groups is 4. The highest BCUT2D eigenvalue weighted by molar-refractivity contribution is 8.01. The number of fused-ring (bicyclic) bond motifs is 1. The smallest absolute Gasteiger partial charge is 0.367 e. The number of aromatic nitrogens is 5. The van der Waals surface area contributed by atoms with Crippen LogP contribution in [0.25, 0.3) is 0 Å². The van der Waals surface area contributed by atoms with Crippen LogP contribution in [-0.2, 0) is 31.1 Å². The maximum Gasteiger partial charge on any atom is 0.367 e. The number of oxime groups is 1. The summed E-state index contributed by atoms with van der Waals surface area (Å²) in [5.74, 6) is -3.24. The van der Waals surface area contributed by atoms with Crippen molar-refractivity contribution in [3.8, 4) is 0 Å². The minimum absolute atomic E-state index is 0.142. The van der Waals surface area contributed by atoms with E-state index in [1.807, 2.05) is 0 Å². The number of carboxylic acids is 1. The molecule has 0 spiro atoms. The topological polar surface area (TPSA) is 182 Å². The van der Waals surface area contributed by atoms with Crippen molar-refractivity contribution in [1.82, 2.24) is 34.8 Å². The number of hydrogen-bond acceptors (Lipinski definition) is 13. The van der Waals surface area contributed by atoms with E-state index in [-0.39, 0.29) is 22.7 Å². The molecule has 4 heterocycles. The number of β-lactam (4-membered cyclic amide) rings is 1. The Morgan fingerprint density at radius 3 is 2.81 bits per heavy atom. The Kier molecular flexibility index (Phi) is 8.13. The van der Waals surface area contributed by atoms with Gasteiger partial charge in [0.1, 0.15) is 17.1 Å². The van der Waals surface area contributed by atoms with Gasteiger partial charge in [-0.2, -0.15) is 0 Å². The molecule has 0 saturated carbocycles. The molecule has 0 bridgehead atoms. The molecular weight excluding hydrogens is 579 g/mol. The van der Waals surface area contributed by atoms with E-state index in [0.29, 0.717) is 16.5 Å². The van der Waals surface area contributed by atoms with Crippen molar-refractivity contribution in [3.05, 3.63) is 28.4 Å². The number of alkyl halides is 2. The quantitative estimate of drug-likeness (QED) is 0.101. The molecule has 36 heavy (non-hydrogen) atoms. The lowest BCUT2D eigenvalue weighted by Gasteiger charge is -2.49. The highest BCUT2D eigenvalue weighted by atomic mass is 35.5. The molecule has 0 radical (unpaired) electrons. The van der Waals surface area contributed by atoms with Gasteiger partial charge >= 0.3 is 11.9 Å². The number of amides is 2. The van der Waals surface area contributed by atoms with Crippen LogP contribution in [0.5, 0.6) is 0 Å². The maximum atomic E-state index is 12.9. The minimum Gasteiger partial charge on any atom is -0.477 e. The molecule has 0 aromatic carbocycles. The number of nitrogens with one attached hydrogen (secondary N) is 1. The normalized spacial score (nSPS) is 19.7. The van der Waals surface area contributed by atoms with Gasteiger partial charge in [0.25, 0.3) is 11.8 Å². The molecule has 2 N–H and O–H groups in total. The van der Waals surface area contributed by atoms with Gasteiger partial charge in [-0.1, -0.05) is 40.1 Å². The van der Waals surface area contributed by atoms with Gasteiger partial charge in [0.2, 0.25) is 9.99 Å². The van der Waals surface area contributed by atoms with Crippen LogP contribution in [0.4, 0.5) is 0 Å². The van der Waals surface area contributed by atoms with Gasteiger partial charge in [-0.25, -0.2) is 18.6 Å². The maximum absolute atomic E-state index is 12.9. The lowest BCUT2D eigenvalue weighted by molar-refractivity contribution is -0.150. The van der Waals surface area contributed by atoms with Crippen LogP contribution in [0, 0.1) is 0 Å². The number of nitrogens with zero attached hydrogens (tertiary/aromatic N) is 7. The van der Waals surface area contributed by atoms with Crippen LogP contribution in [0.2, 0.25) is 0 Å². The molecule has 14 nitrogen and oxygen atoms in total. The third-order valence-electron chi connectivity index (χ3n) is 4.82. The summed E-state index contributed by atoms with van der Waals surface area (Å²) >= 11 is 14.4. The van der Waals surface area contributed by atoms with E-state index in [4.69, 9.17) is 23.2 Å². The summed E-state index contributed by atoms with van der Waals surface area (Å²) in [5, 5.41) is 28.3. The van der Waals surface area contributed by atoms with Crippen molar-refractivity contribution in [1.29, 1.82) is 0 Å². The summed E-state index contributed by atoms with van der Waals surface area (Å²) in [5.41, 5.74) is 0.276. The third-order valence-corrected chi connectivity index (χ3v) is 8.20. The van der Waals surface area contributed by atoms with E-state index in [1.165, 1.54) is 39.8 Å². The fourth-order valence-corrected chi connectivity index (χ4v) is 6.11. The van der Waals surface area contributed by atoms with E-state index >= 15 is 0 Å². The lowest BCUT2D eigenvalue weighted by atomic mass is 10.0. The number of tetrazole rings is 1. The van der Waals surface area contributed by atoms with Crippen LogP contribution in [0.15, 0.2) is 33.2 Å². The zero-order valence-corrected chi connectivity index (χ0v) is 21.9. The molecule has 19 heteroatoms. The monoisotopic (exact) mass is 592 g/mol. The van der Waals surface area contributed by atoms with Gasteiger partial charge in [0, 0.05) is 29.5 Å². The Hall–Kier alpha value is -2.73. The third kappa shape index (κ3) is 5.34. The van der Waals surface area contributed by atoms with Crippen LogP contribution < -0.4 is 5.32 Å². The van der Waals surface area contributed by atoms with Crippen molar-refractivity contribution in [2.24, 2.45) is 12.2 Å². The van der Waals surface area contributed by atoms with Gasteiger partial charge in [-0.15, -0.1) is 16.9 Å². The number of halogens is 2. The summed E-state index contributed by atoms with van der Waals surface area (Å²) in [6.07, 6.45) is 1.32. The van der Waals surface area contributed by atoms with Crippen LogP contribution >= 0.6 is 58.3 Å². The first-order chi connectivity index (χ1) is 17.2. The average Bonchev–Trinajstić information content (AvgIpc) is 3.52. The van der Waals surface area contributed by atoms with E-state index in [9.17, 15) is 24.3 Å². The molecule has 1 saturated heterocycles. The zero-order chi connectivity index (χ0) is 26.0. The number of hydrogen-bond donors (Lipinski definition) is 2. The number of rotatable bonds is 9. The van der Waals surface area contributed by atoms with Gasteiger partial charge < -0.3 is 15.3 Å². The van der Waals surface area contributed by atoms with Crippen LogP contribution in [0.1, 0.15) is 5.56 Å². The first-order valence-electron chi connectivity index (χ1n) is 9.71. The molecular formula is C17H14Cl2N8O6S3. The van der Waals surface area contributed by atoms with Crippen molar-refractivity contribution in [2.45, 2.75) is 21.4 Å². The zero-order valence-electron chi connectivity index (χ0n) is 17.9. The van der Waals surface area contributed by atoms with Gasteiger partial charge in [0.15, 0.2) is 5.71 Å². The predicted octanol–water partition coefficient (Wildman–Crippen LogP) is 0.248. The van der Waals surface area contributed by atoms with Crippen molar-refractivity contribution >= 4 is 87.7 Å². The fraction of sp³-hybridized carbons (Fsp3) is 0.353. The van der Waals surface area contributed by atoms with Crippen LogP contribution in [-0.4, -0.2) is 91.8 Å². The summed E-state index contributed by atoms with van der Waals surface area (Å²) in [6.45, 7) is 0. The lowest BCUT2D eigenvalue weighted by Crippen LogP contribution is -2.71. The molecule has 2 amide bonds. The Bertz CT molecular complexity index is 1270. The molecule has 1 unspecified atom stereocenters.